The smallest absolute Gasteiger partial charge is 0.305 e. The summed E-state index contributed by atoms with van der Waals surface area (Å²) in [5, 5.41) is 22.5. The Morgan fingerprint density at radius 3 is 1.37 bits per heavy atom. The Morgan fingerprint density at radius 1 is 0.494 bits per heavy atom. The molecule has 3 aliphatic rings. The van der Waals surface area contributed by atoms with E-state index in [-0.39, 0.29) is 127 Å². The van der Waals surface area contributed by atoms with Gasteiger partial charge >= 0.3 is 11.9 Å². The van der Waals surface area contributed by atoms with Gasteiger partial charge in [-0.25, -0.2) is 0 Å². The third-order valence-corrected chi connectivity index (χ3v) is 14.6. The minimum absolute atomic E-state index is 0.00455. The highest BCUT2D eigenvalue weighted by Crippen LogP contribution is 2.45. The molecule has 2 bridgehead atoms. The monoisotopic (exact) mass is 1200 g/mol. The molecule has 0 spiro atoms. The zero-order valence-electron chi connectivity index (χ0n) is 49.1. The van der Waals surface area contributed by atoms with E-state index in [0.29, 0.717) is 138 Å². The molecule has 2 unspecified atom stereocenters. The molecule has 2 fully saturated rings. The van der Waals surface area contributed by atoms with E-state index in [1.54, 1.807) is 0 Å². The molecule has 5 atom stereocenters. The minimum atomic E-state index is -1.35. The molecule has 3 rings (SSSR count). The maximum absolute atomic E-state index is 13.3. The van der Waals surface area contributed by atoms with Crippen LogP contribution < -0.4 is 26.6 Å². The fourth-order valence-electron chi connectivity index (χ4n) is 8.40. The summed E-state index contributed by atoms with van der Waals surface area (Å²) >= 11 is 0. The van der Waals surface area contributed by atoms with Crippen LogP contribution in [0.4, 0.5) is 0 Å². The van der Waals surface area contributed by atoms with Crippen LogP contribution in [-0.2, 0) is 95.3 Å². The average molecular weight is 1200 g/mol. The Hall–Kier alpha value is -5.01. The number of aliphatic carboxylic acids is 1. The van der Waals surface area contributed by atoms with E-state index in [0.717, 1.165) is 6.04 Å². The average Bonchev–Trinajstić information content (AvgIpc) is 1.90. The van der Waals surface area contributed by atoms with Crippen molar-refractivity contribution in [3.05, 3.63) is 12.2 Å². The molecular weight excluding hydrogens is 1110 g/mol. The molecule has 0 radical (unpaired) electrons. The van der Waals surface area contributed by atoms with Gasteiger partial charge in [-0.3, -0.25) is 48.1 Å². The standard InChI is InChI=1S/C55H94N6O21Si/c1-83(2,3)41-40-81-50(68)10-6-18-59-53(69)42(60-48(65)9-7-21-61-54(70)51-43-11-12-44(82-43)52(51)55(61)71)8-4-5-17-56-45(62)13-22-72-30-36-79-38-32-76-26-19-57-46(63)14-23-73-28-34-78-35-29-74-24-15-47(64)58-20-27-77-33-39-80-37-31-75-25-16-49(66)67/h11-12,42-44,51-52H,4-10,13-41H2,1-3H3,(H,56,62)(H,57,63)(H,58,64)(H,59,69)(H,60,65)(H,66,67)/t42?,43-,44+,51-,52?/m0/s1. The second-order valence-electron chi connectivity index (χ2n) is 20.9. The predicted octanol–water partition coefficient (Wildman–Crippen LogP) is 0.281. The zero-order valence-corrected chi connectivity index (χ0v) is 50.1. The van der Waals surface area contributed by atoms with Crippen molar-refractivity contribution in [3.8, 4) is 0 Å². The quantitative estimate of drug-likeness (QED) is 0.0157. The topological polar surface area (TPSA) is 339 Å². The molecular formula is C55H94N6O21Si. The first-order valence-corrected chi connectivity index (χ1v) is 32.9. The third kappa shape index (κ3) is 34.5. The number of imide groups is 1. The van der Waals surface area contributed by atoms with Gasteiger partial charge in [0.15, 0.2) is 0 Å². The van der Waals surface area contributed by atoms with Crippen molar-refractivity contribution in [1.29, 1.82) is 0 Å². The van der Waals surface area contributed by atoms with Gasteiger partial charge in [-0.05, 0) is 38.1 Å². The number of amides is 7. The van der Waals surface area contributed by atoms with Gasteiger partial charge in [0.2, 0.25) is 41.4 Å². The van der Waals surface area contributed by atoms with Crippen molar-refractivity contribution in [2.24, 2.45) is 11.8 Å². The first-order chi connectivity index (χ1) is 40.1. The number of hydrogen-bond donors (Lipinski definition) is 6. The molecule has 0 saturated carbocycles. The largest absolute Gasteiger partial charge is 0.481 e. The van der Waals surface area contributed by atoms with E-state index in [9.17, 15) is 43.2 Å². The molecule has 3 heterocycles. The highest BCUT2D eigenvalue weighted by Gasteiger charge is 2.60. The Labute approximate surface area is 488 Å². The van der Waals surface area contributed by atoms with E-state index < -0.39 is 55.9 Å². The Bertz CT molecular complexity index is 1930. The number of carbonyl (C=O) groups excluding carboxylic acids is 8. The molecule has 474 valence electrons. The number of unbranched alkanes of at least 4 members (excludes halogenated alkanes) is 1. The van der Waals surface area contributed by atoms with Gasteiger partial charge in [0.05, 0.1) is 156 Å². The van der Waals surface area contributed by atoms with Gasteiger partial charge in [0.1, 0.15) is 6.04 Å². The number of rotatable bonds is 54. The van der Waals surface area contributed by atoms with Gasteiger partial charge < -0.3 is 83.8 Å². The molecule has 3 aliphatic heterocycles. The summed E-state index contributed by atoms with van der Waals surface area (Å²) in [5.41, 5.74) is 0. The van der Waals surface area contributed by atoms with Gasteiger partial charge in [-0.1, -0.05) is 31.8 Å². The Balaban J connectivity index is 1.09. The molecule has 0 aromatic heterocycles. The number of esters is 1. The van der Waals surface area contributed by atoms with Crippen molar-refractivity contribution in [3.63, 3.8) is 0 Å². The molecule has 6 N–H and O–H groups in total. The number of hydrogen-bond acceptors (Lipinski definition) is 20. The number of carboxylic acid groups (broad SMARTS) is 1. The summed E-state index contributed by atoms with van der Waals surface area (Å²) in [4.78, 5) is 113. The van der Waals surface area contributed by atoms with Gasteiger partial charge in [0.25, 0.3) is 0 Å². The fourth-order valence-corrected chi connectivity index (χ4v) is 9.12. The number of ether oxygens (including phenoxy) is 11. The summed E-state index contributed by atoms with van der Waals surface area (Å²) in [7, 11) is -1.35. The summed E-state index contributed by atoms with van der Waals surface area (Å²) in [6, 6.07) is -0.00637. The lowest BCUT2D eigenvalue weighted by Gasteiger charge is -2.20. The number of likely N-dealkylation sites (tertiary alicyclic amines) is 1. The van der Waals surface area contributed by atoms with Crippen LogP contribution >= 0.6 is 0 Å². The van der Waals surface area contributed by atoms with Crippen LogP contribution in [-0.4, -0.2) is 248 Å². The highest BCUT2D eigenvalue weighted by molar-refractivity contribution is 6.76. The highest BCUT2D eigenvalue weighted by atomic mass is 28.3. The van der Waals surface area contributed by atoms with Crippen LogP contribution in [0.5, 0.6) is 0 Å². The maximum Gasteiger partial charge on any atom is 0.305 e. The normalized spacial score (nSPS) is 17.4. The zero-order chi connectivity index (χ0) is 60.3. The fraction of sp³-hybridized carbons (Fsp3) is 0.800. The Morgan fingerprint density at radius 2 is 0.916 bits per heavy atom. The van der Waals surface area contributed by atoms with Crippen molar-refractivity contribution < 1.29 is 100 Å². The maximum atomic E-state index is 13.3. The van der Waals surface area contributed by atoms with Crippen LogP contribution in [0, 0.1) is 11.8 Å². The molecule has 7 amide bonds. The van der Waals surface area contributed by atoms with E-state index in [2.05, 4.69) is 46.2 Å². The Kier molecular flexibility index (Phi) is 38.7. The van der Waals surface area contributed by atoms with E-state index in [1.807, 2.05) is 12.2 Å². The lowest BCUT2D eigenvalue weighted by Crippen LogP contribution is -2.47. The lowest BCUT2D eigenvalue weighted by atomic mass is 9.85. The van der Waals surface area contributed by atoms with Gasteiger partial charge in [0, 0.05) is 72.9 Å². The molecule has 0 aliphatic carbocycles. The molecule has 83 heavy (non-hydrogen) atoms. The molecule has 0 aromatic rings. The number of carbonyl (C=O) groups is 9. The summed E-state index contributed by atoms with van der Waals surface area (Å²) < 4.78 is 59.6. The lowest BCUT2D eigenvalue weighted by molar-refractivity contribution is -0.144. The first kappa shape index (κ1) is 72.2. The number of carboxylic acids is 1. The van der Waals surface area contributed by atoms with Crippen LogP contribution in [0.2, 0.25) is 25.7 Å². The van der Waals surface area contributed by atoms with Crippen LogP contribution in [0.3, 0.4) is 0 Å². The van der Waals surface area contributed by atoms with Crippen molar-refractivity contribution in [2.75, 3.05) is 158 Å². The van der Waals surface area contributed by atoms with E-state index >= 15 is 0 Å². The van der Waals surface area contributed by atoms with Gasteiger partial charge in [-0.15, -0.1) is 0 Å². The summed E-state index contributed by atoms with van der Waals surface area (Å²) in [5.74, 6) is -4.15. The second-order valence-corrected chi connectivity index (χ2v) is 26.6. The molecule has 0 aromatic carbocycles. The molecule has 27 nitrogen and oxygen atoms in total. The molecule has 28 heteroatoms. The van der Waals surface area contributed by atoms with Crippen LogP contribution in [0.1, 0.15) is 70.6 Å². The van der Waals surface area contributed by atoms with Crippen LogP contribution in [0.25, 0.3) is 0 Å². The van der Waals surface area contributed by atoms with Crippen molar-refractivity contribution in [1.82, 2.24) is 31.5 Å². The van der Waals surface area contributed by atoms with Gasteiger partial charge in [-0.2, -0.15) is 0 Å². The number of nitrogens with zero attached hydrogens (tertiary/aromatic N) is 1. The summed E-state index contributed by atoms with van der Waals surface area (Å²) in [6.45, 7) is 13.7. The second kappa shape index (κ2) is 44.5. The number of fused-ring (bicyclic) bond motifs is 5. The van der Waals surface area contributed by atoms with Crippen molar-refractivity contribution in [2.45, 2.75) is 115 Å². The SMILES string of the molecule is C[Si](C)(C)CCOC(=O)CCCNC(=O)C(CCCCNC(=O)CCOCCOCCOCCNC(=O)CCOCCOCCOCCC(=O)NCCOCCOCCOCCC(=O)O)NC(=O)CCCN1C(=O)C2[C@@H](C1=O)[C@@H]1C=C[C@H]2O1. The first-order valence-electron chi connectivity index (χ1n) is 29.2. The predicted molar refractivity (Wildman–Crippen MR) is 300 cm³/mol. The third-order valence-electron chi connectivity index (χ3n) is 12.9. The number of nitrogens with one attached hydrogen (secondary N) is 5. The van der Waals surface area contributed by atoms with E-state index in [4.69, 9.17) is 57.2 Å². The van der Waals surface area contributed by atoms with E-state index in [1.165, 1.54) is 4.90 Å². The van der Waals surface area contributed by atoms with Crippen LogP contribution in [0.15, 0.2) is 12.2 Å². The van der Waals surface area contributed by atoms with Crippen molar-refractivity contribution >= 4 is 61.4 Å². The molecule has 2 saturated heterocycles. The summed E-state index contributed by atoms with van der Waals surface area (Å²) in [6.07, 6.45) is 5.43. The minimum Gasteiger partial charge on any atom is -0.481 e.